The van der Waals surface area contributed by atoms with Crippen LogP contribution in [-0.4, -0.2) is 36.1 Å². The molecule has 0 aromatic carbocycles. The highest BCUT2D eigenvalue weighted by Gasteiger charge is 2.48. The van der Waals surface area contributed by atoms with Crippen LogP contribution in [0.5, 0.6) is 0 Å². The third kappa shape index (κ3) is 3.23. The maximum Gasteiger partial charge on any atom is 0.325 e. The molecule has 1 amide bonds. The predicted octanol–water partition coefficient (Wildman–Crippen LogP) is -0.614. The zero-order valence-electron chi connectivity index (χ0n) is 8.36. The monoisotopic (exact) mass is 215 g/mol. The molecule has 0 spiro atoms. The highest BCUT2D eigenvalue weighted by molar-refractivity contribution is 5.91. The fraction of sp³-hybridized carbons (Fsp3) is 0.667. The van der Waals surface area contributed by atoms with Crippen molar-refractivity contribution in [2.45, 2.75) is 13.3 Å². The molecule has 0 aliphatic heterocycles. The van der Waals surface area contributed by atoms with Crippen LogP contribution in [0.15, 0.2) is 0 Å². The Bertz CT molecular complexity index is 288. The minimum atomic E-state index is -0.966. The molecule has 84 valence electrons. The molecule has 1 rings (SSSR count). The fourth-order valence-electron chi connectivity index (χ4n) is 1.26. The van der Waals surface area contributed by atoms with Gasteiger partial charge in [-0.2, -0.15) is 0 Å². The summed E-state index contributed by atoms with van der Waals surface area (Å²) in [6.45, 7) is 1.73. The molecule has 6 heteroatoms. The average molecular weight is 215 g/mol. The smallest absolute Gasteiger partial charge is 0.325 e. The van der Waals surface area contributed by atoms with Crippen molar-refractivity contribution in [1.29, 1.82) is 0 Å². The molecule has 0 bridgehead atoms. The van der Waals surface area contributed by atoms with E-state index in [1.165, 1.54) is 0 Å². The van der Waals surface area contributed by atoms with Gasteiger partial charge in [0.1, 0.15) is 6.54 Å². The number of esters is 1. The van der Waals surface area contributed by atoms with Gasteiger partial charge in [-0.1, -0.05) is 0 Å². The lowest BCUT2D eigenvalue weighted by atomic mass is 10.3. The maximum absolute atomic E-state index is 11.2. The Balaban J connectivity index is 2.21. The summed E-state index contributed by atoms with van der Waals surface area (Å²) >= 11 is 0. The number of carboxylic acids is 1. The Morgan fingerprint density at radius 1 is 1.40 bits per heavy atom. The van der Waals surface area contributed by atoms with Crippen molar-refractivity contribution >= 4 is 17.8 Å². The minimum Gasteiger partial charge on any atom is -0.481 e. The number of ether oxygens (including phenoxy) is 1. The number of carbonyl (C=O) groups is 3. The van der Waals surface area contributed by atoms with Gasteiger partial charge in [-0.15, -0.1) is 0 Å². The van der Waals surface area contributed by atoms with Crippen molar-refractivity contribution in [1.82, 2.24) is 5.32 Å². The van der Waals surface area contributed by atoms with E-state index in [1.54, 1.807) is 6.92 Å². The SMILES string of the molecule is CCOC(=O)CNC(=O)[C@@H]1C[C@@H]1C(=O)O. The van der Waals surface area contributed by atoms with Crippen molar-refractivity contribution in [3.05, 3.63) is 0 Å². The van der Waals surface area contributed by atoms with Crippen LogP contribution in [-0.2, 0) is 19.1 Å². The average Bonchev–Trinajstić information content (AvgIpc) is 2.94. The number of nitrogens with one attached hydrogen (secondary N) is 1. The largest absolute Gasteiger partial charge is 0.481 e. The summed E-state index contributed by atoms with van der Waals surface area (Å²) in [6, 6.07) is 0. The number of rotatable bonds is 5. The Labute approximate surface area is 86.6 Å². The van der Waals surface area contributed by atoms with Gasteiger partial charge >= 0.3 is 11.9 Å². The number of amides is 1. The first-order valence-electron chi connectivity index (χ1n) is 4.72. The summed E-state index contributed by atoms with van der Waals surface area (Å²) in [5.74, 6) is -2.95. The first-order valence-corrected chi connectivity index (χ1v) is 4.72. The minimum absolute atomic E-state index is 0.199. The molecule has 1 aliphatic rings. The summed E-state index contributed by atoms with van der Waals surface area (Å²) in [5.41, 5.74) is 0. The van der Waals surface area contributed by atoms with Crippen molar-refractivity contribution in [2.75, 3.05) is 13.2 Å². The van der Waals surface area contributed by atoms with Crippen LogP contribution in [0.25, 0.3) is 0 Å². The van der Waals surface area contributed by atoms with E-state index < -0.39 is 29.7 Å². The van der Waals surface area contributed by atoms with Crippen molar-refractivity contribution < 1.29 is 24.2 Å². The predicted molar refractivity (Wildman–Crippen MR) is 48.9 cm³/mol. The van der Waals surface area contributed by atoms with Gasteiger partial charge in [0.05, 0.1) is 18.4 Å². The molecule has 1 saturated carbocycles. The molecule has 1 aliphatic carbocycles. The van der Waals surface area contributed by atoms with Gasteiger partial charge in [0.15, 0.2) is 0 Å². The molecule has 2 atom stereocenters. The number of hydrogen-bond donors (Lipinski definition) is 2. The molecule has 0 aromatic rings. The fourth-order valence-corrected chi connectivity index (χ4v) is 1.26. The zero-order chi connectivity index (χ0) is 11.4. The second-order valence-corrected chi connectivity index (χ2v) is 3.31. The Morgan fingerprint density at radius 2 is 2.07 bits per heavy atom. The van der Waals surface area contributed by atoms with E-state index in [-0.39, 0.29) is 13.2 Å². The topological polar surface area (TPSA) is 92.7 Å². The first kappa shape index (κ1) is 11.5. The summed E-state index contributed by atoms with van der Waals surface area (Å²) in [6.07, 6.45) is 0.351. The van der Waals surface area contributed by atoms with Crippen molar-refractivity contribution in [3.63, 3.8) is 0 Å². The molecular weight excluding hydrogens is 202 g/mol. The van der Waals surface area contributed by atoms with Gasteiger partial charge in [-0.05, 0) is 13.3 Å². The van der Waals surface area contributed by atoms with E-state index in [1.807, 2.05) is 0 Å². The second kappa shape index (κ2) is 4.77. The highest BCUT2D eigenvalue weighted by atomic mass is 16.5. The van der Waals surface area contributed by atoms with Crippen molar-refractivity contribution in [3.8, 4) is 0 Å². The van der Waals surface area contributed by atoms with E-state index in [2.05, 4.69) is 10.1 Å². The lowest BCUT2D eigenvalue weighted by molar-refractivity contribution is -0.143. The normalized spacial score (nSPS) is 23.0. The van der Waals surface area contributed by atoms with Crippen LogP contribution in [0.3, 0.4) is 0 Å². The van der Waals surface area contributed by atoms with E-state index in [9.17, 15) is 14.4 Å². The van der Waals surface area contributed by atoms with E-state index in [0.29, 0.717) is 6.42 Å². The molecule has 15 heavy (non-hydrogen) atoms. The van der Waals surface area contributed by atoms with Gasteiger partial charge in [-0.3, -0.25) is 14.4 Å². The highest BCUT2D eigenvalue weighted by Crippen LogP contribution is 2.38. The standard InChI is InChI=1S/C9H13NO5/c1-2-15-7(11)4-10-8(12)5-3-6(5)9(13)14/h5-6H,2-4H2,1H3,(H,10,12)(H,13,14)/t5-,6+/m1/s1. The first-order chi connectivity index (χ1) is 7.06. The van der Waals surface area contributed by atoms with E-state index in [4.69, 9.17) is 5.11 Å². The number of hydrogen-bond acceptors (Lipinski definition) is 4. The lowest BCUT2D eigenvalue weighted by Gasteiger charge is -2.03. The summed E-state index contributed by atoms with van der Waals surface area (Å²) in [5, 5.41) is 10.9. The summed E-state index contributed by atoms with van der Waals surface area (Å²) in [7, 11) is 0. The molecule has 1 fully saturated rings. The summed E-state index contributed by atoms with van der Waals surface area (Å²) < 4.78 is 4.60. The quantitative estimate of drug-likeness (QED) is 0.596. The van der Waals surface area contributed by atoms with Crippen molar-refractivity contribution in [2.24, 2.45) is 11.8 Å². The molecule has 0 heterocycles. The van der Waals surface area contributed by atoms with Gasteiger partial charge in [0.2, 0.25) is 5.91 Å². The van der Waals surface area contributed by atoms with E-state index in [0.717, 1.165) is 0 Å². The Hall–Kier alpha value is -1.59. The van der Waals surface area contributed by atoms with Gasteiger partial charge in [0, 0.05) is 0 Å². The molecular formula is C9H13NO5. The van der Waals surface area contributed by atoms with Gasteiger partial charge < -0.3 is 15.2 Å². The molecule has 0 unspecified atom stereocenters. The summed E-state index contributed by atoms with van der Waals surface area (Å²) in [4.78, 5) is 32.5. The third-order valence-corrected chi connectivity index (χ3v) is 2.16. The van der Waals surface area contributed by atoms with Crippen LogP contribution in [0, 0.1) is 11.8 Å². The zero-order valence-corrected chi connectivity index (χ0v) is 8.36. The molecule has 0 saturated heterocycles. The number of aliphatic carboxylic acids is 1. The second-order valence-electron chi connectivity index (χ2n) is 3.31. The van der Waals surface area contributed by atoms with Crippen LogP contribution >= 0.6 is 0 Å². The molecule has 2 N–H and O–H groups in total. The van der Waals surface area contributed by atoms with Crippen LogP contribution in [0.4, 0.5) is 0 Å². The third-order valence-electron chi connectivity index (χ3n) is 2.16. The number of carboxylic acid groups (broad SMARTS) is 1. The maximum atomic E-state index is 11.2. The van der Waals surface area contributed by atoms with Gasteiger partial charge in [-0.25, -0.2) is 0 Å². The lowest BCUT2D eigenvalue weighted by Crippen LogP contribution is -2.32. The van der Waals surface area contributed by atoms with Gasteiger partial charge in [0.25, 0.3) is 0 Å². The van der Waals surface area contributed by atoms with Crippen LogP contribution in [0.2, 0.25) is 0 Å². The Morgan fingerprint density at radius 3 is 2.53 bits per heavy atom. The van der Waals surface area contributed by atoms with E-state index >= 15 is 0 Å². The van der Waals surface area contributed by atoms with Crippen LogP contribution in [0.1, 0.15) is 13.3 Å². The molecule has 6 nitrogen and oxygen atoms in total. The molecule has 0 aromatic heterocycles. The Kier molecular flexibility index (Phi) is 3.65. The van der Waals surface area contributed by atoms with Crippen LogP contribution < -0.4 is 5.32 Å². The molecule has 0 radical (unpaired) electrons. The number of carbonyl (C=O) groups excluding carboxylic acids is 2.